The number of hydrogen-bond donors (Lipinski definition) is 2. The average molecular weight is 235 g/mol. The molecule has 4 heteroatoms. The molecule has 1 aromatic heterocycles. The van der Waals surface area contributed by atoms with Crippen LogP contribution in [0.3, 0.4) is 0 Å². The molecule has 0 atom stereocenters. The summed E-state index contributed by atoms with van der Waals surface area (Å²) in [5, 5.41) is 12.9. The second-order valence-corrected chi connectivity index (χ2v) is 5.16. The maximum absolute atomic E-state index is 9.54. The van der Waals surface area contributed by atoms with Gasteiger partial charge in [-0.05, 0) is 26.7 Å². The zero-order valence-electron chi connectivity index (χ0n) is 10.7. The number of aryl methyl sites for hydroxylation is 2. The highest BCUT2D eigenvalue weighted by Crippen LogP contribution is 2.37. The molecule has 2 N–H and O–H groups in total. The quantitative estimate of drug-likeness (QED) is 0.838. The minimum Gasteiger partial charge on any atom is -0.396 e. The molecule has 1 heterocycles. The summed E-state index contributed by atoms with van der Waals surface area (Å²) in [6, 6.07) is 0. The van der Waals surface area contributed by atoms with Crippen LogP contribution in [0.25, 0.3) is 0 Å². The Kier molecular flexibility index (Phi) is 3.62. The molecule has 2 rings (SSSR count). The van der Waals surface area contributed by atoms with E-state index in [9.17, 15) is 5.11 Å². The zero-order chi connectivity index (χ0) is 12.3. The second kappa shape index (κ2) is 5.00. The Hall–Kier alpha value is -1.16. The van der Waals surface area contributed by atoms with Gasteiger partial charge in [-0.25, -0.2) is 4.98 Å². The normalized spacial score (nSPS) is 18.3. The van der Waals surface area contributed by atoms with Crippen molar-refractivity contribution in [3.8, 4) is 0 Å². The summed E-state index contributed by atoms with van der Waals surface area (Å²) in [5.41, 5.74) is 1.89. The molecule has 94 valence electrons. The van der Waals surface area contributed by atoms with Crippen molar-refractivity contribution >= 4 is 5.82 Å². The SMILES string of the molecule is Cc1cnc(C)c(NCC2(CO)CCCC2)n1. The maximum Gasteiger partial charge on any atom is 0.147 e. The van der Waals surface area contributed by atoms with Crippen LogP contribution >= 0.6 is 0 Å². The molecule has 0 spiro atoms. The first kappa shape index (κ1) is 12.3. The van der Waals surface area contributed by atoms with Gasteiger partial charge in [-0.2, -0.15) is 0 Å². The minimum absolute atomic E-state index is 0.0534. The van der Waals surface area contributed by atoms with Crippen molar-refractivity contribution < 1.29 is 5.11 Å². The van der Waals surface area contributed by atoms with Crippen LogP contribution in [-0.4, -0.2) is 28.2 Å². The van der Waals surface area contributed by atoms with Gasteiger partial charge in [-0.3, -0.25) is 4.98 Å². The van der Waals surface area contributed by atoms with E-state index in [0.29, 0.717) is 0 Å². The summed E-state index contributed by atoms with van der Waals surface area (Å²) in [5.74, 6) is 0.852. The Labute approximate surface area is 102 Å². The van der Waals surface area contributed by atoms with Gasteiger partial charge in [0, 0.05) is 18.2 Å². The van der Waals surface area contributed by atoms with Gasteiger partial charge in [0.2, 0.25) is 0 Å². The number of aliphatic hydroxyl groups excluding tert-OH is 1. The highest BCUT2D eigenvalue weighted by atomic mass is 16.3. The molecule has 0 bridgehead atoms. The summed E-state index contributed by atoms with van der Waals surface area (Å²) in [6.07, 6.45) is 6.43. The van der Waals surface area contributed by atoms with Crippen LogP contribution in [0.1, 0.15) is 37.1 Å². The highest BCUT2D eigenvalue weighted by Gasteiger charge is 2.33. The average Bonchev–Trinajstić information content (AvgIpc) is 2.80. The zero-order valence-corrected chi connectivity index (χ0v) is 10.7. The largest absolute Gasteiger partial charge is 0.396 e. The standard InChI is InChI=1S/C13H21N3O/c1-10-7-14-11(2)12(16-10)15-8-13(9-17)5-3-4-6-13/h7,17H,3-6,8-9H2,1-2H3,(H,15,16). The Morgan fingerprint density at radius 1 is 1.35 bits per heavy atom. The lowest BCUT2D eigenvalue weighted by atomic mass is 9.87. The van der Waals surface area contributed by atoms with Crippen LogP contribution in [0.2, 0.25) is 0 Å². The molecule has 0 amide bonds. The fraction of sp³-hybridized carbons (Fsp3) is 0.692. The van der Waals surface area contributed by atoms with Crippen molar-refractivity contribution in [3.63, 3.8) is 0 Å². The molecule has 1 aliphatic rings. The molecule has 0 unspecified atom stereocenters. The van der Waals surface area contributed by atoms with Gasteiger partial charge >= 0.3 is 0 Å². The number of aromatic nitrogens is 2. The third-order valence-electron chi connectivity index (χ3n) is 3.71. The molecule has 0 aliphatic heterocycles. The highest BCUT2D eigenvalue weighted by molar-refractivity contribution is 5.39. The molecular weight excluding hydrogens is 214 g/mol. The molecule has 17 heavy (non-hydrogen) atoms. The summed E-state index contributed by atoms with van der Waals surface area (Å²) < 4.78 is 0. The van der Waals surface area contributed by atoms with Crippen molar-refractivity contribution in [1.82, 2.24) is 9.97 Å². The minimum atomic E-state index is 0.0534. The summed E-state index contributed by atoms with van der Waals surface area (Å²) in [7, 11) is 0. The summed E-state index contributed by atoms with van der Waals surface area (Å²) >= 11 is 0. The van der Waals surface area contributed by atoms with Crippen LogP contribution in [0, 0.1) is 19.3 Å². The first-order valence-electron chi connectivity index (χ1n) is 6.30. The Morgan fingerprint density at radius 2 is 2.06 bits per heavy atom. The molecule has 4 nitrogen and oxygen atoms in total. The number of anilines is 1. The third-order valence-corrected chi connectivity index (χ3v) is 3.71. The molecular formula is C13H21N3O. The lowest BCUT2D eigenvalue weighted by Crippen LogP contribution is -2.31. The van der Waals surface area contributed by atoms with Crippen molar-refractivity contribution in [2.24, 2.45) is 5.41 Å². The molecule has 0 saturated heterocycles. The lowest BCUT2D eigenvalue weighted by Gasteiger charge is -2.27. The van der Waals surface area contributed by atoms with Crippen LogP contribution < -0.4 is 5.32 Å². The first-order chi connectivity index (χ1) is 8.15. The van der Waals surface area contributed by atoms with E-state index < -0.39 is 0 Å². The van der Waals surface area contributed by atoms with Gasteiger partial charge < -0.3 is 10.4 Å². The molecule has 1 aromatic rings. The lowest BCUT2D eigenvalue weighted by molar-refractivity contribution is 0.142. The van der Waals surface area contributed by atoms with Crippen LogP contribution in [0.15, 0.2) is 6.20 Å². The maximum atomic E-state index is 9.54. The second-order valence-electron chi connectivity index (χ2n) is 5.16. The van der Waals surface area contributed by atoms with Crippen molar-refractivity contribution in [1.29, 1.82) is 0 Å². The molecule has 1 fully saturated rings. The number of nitrogens with one attached hydrogen (secondary N) is 1. The summed E-state index contributed by atoms with van der Waals surface area (Å²) in [6.45, 7) is 4.95. The van der Waals surface area contributed by atoms with Crippen LogP contribution in [0.5, 0.6) is 0 Å². The molecule has 0 radical (unpaired) electrons. The van der Waals surface area contributed by atoms with E-state index in [-0.39, 0.29) is 12.0 Å². The molecule has 0 aromatic carbocycles. The van der Waals surface area contributed by atoms with Crippen molar-refractivity contribution in [3.05, 3.63) is 17.6 Å². The Balaban J connectivity index is 2.03. The monoisotopic (exact) mass is 235 g/mol. The van der Waals surface area contributed by atoms with Crippen molar-refractivity contribution in [2.45, 2.75) is 39.5 Å². The van der Waals surface area contributed by atoms with E-state index in [1.807, 2.05) is 13.8 Å². The third kappa shape index (κ3) is 2.75. The van der Waals surface area contributed by atoms with Gasteiger partial charge in [-0.15, -0.1) is 0 Å². The van der Waals surface area contributed by atoms with Crippen LogP contribution in [0.4, 0.5) is 5.82 Å². The predicted molar refractivity (Wildman–Crippen MR) is 68.0 cm³/mol. The van der Waals surface area contributed by atoms with E-state index >= 15 is 0 Å². The van der Waals surface area contributed by atoms with Gasteiger partial charge in [0.15, 0.2) is 0 Å². The van der Waals surface area contributed by atoms with Gasteiger partial charge in [0.1, 0.15) is 5.82 Å². The van der Waals surface area contributed by atoms with E-state index in [1.165, 1.54) is 12.8 Å². The number of rotatable bonds is 4. The fourth-order valence-corrected chi connectivity index (χ4v) is 2.49. The van der Waals surface area contributed by atoms with E-state index in [4.69, 9.17) is 0 Å². The molecule has 1 aliphatic carbocycles. The topological polar surface area (TPSA) is 58.0 Å². The van der Waals surface area contributed by atoms with E-state index in [0.717, 1.165) is 36.6 Å². The molecule has 1 saturated carbocycles. The summed E-state index contributed by atoms with van der Waals surface area (Å²) in [4.78, 5) is 8.73. The van der Waals surface area contributed by atoms with Crippen molar-refractivity contribution in [2.75, 3.05) is 18.5 Å². The van der Waals surface area contributed by atoms with E-state index in [1.54, 1.807) is 6.20 Å². The number of hydrogen-bond acceptors (Lipinski definition) is 4. The Bertz CT molecular complexity index is 386. The Morgan fingerprint density at radius 3 is 2.71 bits per heavy atom. The first-order valence-corrected chi connectivity index (χ1v) is 6.30. The number of aliphatic hydroxyl groups is 1. The predicted octanol–water partition coefficient (Wildman–Crippen LogP) is 2.06. The fourth-order valence-electron chi connectivity index (χ4n) is 2.49. The van der Waals surface area contributed by atoms with Gasteiger partial charge in [-0.1, -0.05) is 12.8 Å². The number of nitrogens with zero attached hydrogens (tertiary/aromatic N) is 2. The van der Waals surface area contributed by atoms with Gasteiger partial charge in [0.05, 0.1) is 18.0 Å². The van der Waals surface area contributed by atoms with Gasteiger partial charge in [0.25, 0.3) is 0 Å². The van der Waals surface area contributed by atoms with E-state index in [2.05, 4.69) is 15.3 Å². The smallest absolute Gasteiger partial charge is 0.147 e. The van der Waals surface area contributed by atoms with Crippen LogP contribution in [-0.2, 0) is 0 Å².